The number of nitrogens with zero attached hydrogens (tertiary/aromatic N) is 4. The van der Waals surface area contributed by atoms with Crippen molar-refractivity contribution in [2.75, 3.05) is 0 Å². The number of hydrogen-bond acceptors (Lipinski definition) is 1. The molecule has 11 rings (SSSR count). The zero-order valence-corrected chi connectivity index (χ0v) is 27.3. The SMILES string of the molecule is [2H]c1c([2H])c([2H])c2c(c1[2H])c1ccccc1n2-c1cc(-n2c3ccccc3c3ccccc32)cc(-c2ccccc2-n2c3ccccc3c3ccccc32)n1. The van der Waals surface area contributed by atoms with Gasteiger partial charge in [-0.2, -0.15) is 0 Å². The molecule has 0 unspecified atom stereocenters. The van der Waals surface area contributed by atoms with Crippen LogP contribution in [0.2, 0.25) is 0 Å². The quantitative estimate of drug-likeness (QED) is 0.186. The van der Waals surface area contributed by atoms with Gasteiger partial charge in [0.1, 0.15) is 5.82 Å². The second-order valence-corrected chi connectivity index (χ2v) is 12.9. The number of aromatic nitrogens is 4. The van der Waals surface area contributed by atoms with Crippen LogP contribution in [0.15, 0.2) is 182 Å². The second kappa shape index (κ2) is 10.8. The Morgan fingerprint density at radius 1 is 0.392 bits per heavy atom. The first-order chi connectivity index (χ1) is 27.0. The van der Waals surface area contributed by atoms with Crippen LogP contribution >= 0.6 is 0 Å². The summed E-state index contributed by atoms with van der Waals surface area (Å²) in [7, 11) is 0. The van der Waals surface area contributed by atoms with Gasteiger partial charge in [0, 0.05) is 43.9 Å². The van der Waals surface area contributed by atoms with Crippen LogP contribution in [0.5, 0.6) is 0 Å². The molecule has 4 heterocycles. The molecule has 4 nitrogen and oxygen atoms in total. The highest BCUT2D eigenvalue weighted by Crippen LogP contribution is 2.39. The van der Waals surface area contributed by atoms with Gasteiger partial charge in [0.15, 0.2) is 0 Å². The molecule has 238 valence electrons. The smallest absolute Gasteiger partial charge is 0.140 e. The van der Waals surface area contributed by atoms with Crippen molar-refractivity contribution in [3.05, 3.63) is 182 Å². The first-order valence-corrected chi connectivity index (χ1v) is 17.1. The van der Waals surface area contributed by atoms with Crippen LogP contribution in [0.3, 0.4) is 0 Å². The molecule has 0 N–H and O–H groups in total. The normalized spacial score (nSPS) is 13.0. The molecular formula is C47H30N4. The van der Waals surface area contributed by atoms with Crippen molar-refractivity contribution in [2.45, 2.75) is 0 Å². The number of benzene rings is 7. The maximum Gasteiger partial charge on any atom is 0.140 e. The lowest BCUT2D eigenvalue weighted by Crippen LogP contribution is -2.04. The third-order valence-electron chi connectivity index (χ3n) is 10.2. The van der Waals surface area contributed by atoms with Crippen LogP contribution in [-0.2, 0) is 0 Å². The summed E-state index contributed by atoms with van der Waals surface area (Å²) in [4.78, 5) is 5.45. The molecule has 0 aliphatic rings. The summed E-state index contributed by atoms with van der Waals surface area (Å²) in [5.41, 5.74) is 8.90. The Morgan fingerprint density at radius 2 is 0.843 bits per heavy atom. The molecule has 0 saturated carbocycles. The van der Waals surface area contributed by atoms with Crippen molar-refractivity contribution < 1.29 is 5.48 Å². The van der Waals surface area contributed by atoms with Gasteiger partial charge in [-0.1, -0.05) is 127 Å². The number of rotatable bonds is 4. The largest absolute Gasteiger partial charge is 0.309 e. The van der Waals surface area contributed by atoms with Crippen molar-refractivity contribution >= 4 is 65.4 Å². The van der Waals surface area contributed by atoms with Crippen LogP contribution in [0.1, 0.15) is 5.48 Å². The Labute approximate surface area is 299 Å². The average Bonchev–Trinajstić information content (AvgIpc) is 3.88. The second-order valence-electron chi connectivity index (χ2n) is 12.9. The highest BCUT2D eigenvalue weighted by atomic mass is 15.1. The number of pyridine rings is 1. The fourth-order valence-corrected chi connectivity index (χ4v) is 8.06. The lowest BCUT2D eigenvalue weighted by atomic mass is 10.1. The summed E-state index contributed by atoms with van der Waals surface area (Å²) in [5, 5.41) is 5.81. The van der Waals surface area contributed by atoms with Crippen LogP contribution in [-0.4, -0.2) is 18.7 Å². The molecule has 0 saturated heterocycles. The van der Waals surface area contributed by atoms with Crippen LogP contribution in [0.4, 0.5) is 0 Å². The molecule has 4 heteroatoms. The summed E-state index contributed by atoms with van der Waals surface area (Å²) < 4.78 is 42.0. The summed E-state index contributed by atoms with van der Waals surface area (Å²) >= 11 is 0. The van der Waals surface area contributed by atoms with Gasteiger partial charge in [-0.15, -0.1) is 0 Å². The van der Waals surface area contributed by atoms with E-state index < -0.39 is 0 Å². The van der Waals surface area contributed by atoms with E-state index in [1.54, 1.807) is 0 Å². The van der Waals surface area contributed by atoms with E-state index in [1.165, 1.54) is 10.8 Å². The van der Waals surface area contributed by atoms with Gasteiger partial charge >= 0.3 is 0 Å². The molecule has 0 atom stereocenters. The van der Waals surface area contributed by atoms with Crippen molar-refractivity contribution in [1.29, 1.82) is 0 Å². The molecule has 4 aromatic heterocycles. The fraction of sp³-hybridized carbons (Fsp3) is 0. The van der Waals surface area contributed by atoms with E-state index in [0.29, 0.717) is 16.7 Å². The van der Waals surface area contributed by atoms with Crippen molar-refractivity contribution in [3.63, 3.8) is 0 Å². The zero-order valence-electron chi connectivity index (χ0n) is 31.3. The minimum Gasteiger partial charge on any atom is -0.309 e. The molecule has 0 bridgehead atoms. The summed E-state index contributed by atoms with van der Waals surface area (Å²) in [6, 6.07) is 53.3. The Hall–Kier alpha value is -6.91. The van der Waals surface area contributed by atoms with Gasteiger partial charge in [0.05, 0.1) is 55.7 Å². The van der Waals surface area contributed by atoms with E-state index in [4.69, 9.17) is 9.10 Å². The van der Waals surface area contributed by atoms with Crippen LogP contribution in [0.25, 0.3) is 93.9 Å². The van der Waals surface area contributed by atoms with E-state index in [0.717, 1.165) is 66.4 Å². The predicted octanol–water partition coefficient (Wildman–Crippen LogP) is 12.0. The minimum absolute atomic E-state index is 0.0681. The summed E-state index contributed by atoms with van der Waals surface area (Å²) in [5.74, 6) is 0.544. The third kappa shape index (κ3) is 4.05. The molecule has 7 aromatic carbocycles. The molecule has 51 heavy (non-hydrogen) atoms. The van der Waals surface area contributed by atoms with Crippen LogP contribution in [0, 0.1) is 0 Å². The number of fused-ring (bicyclic) bond motifs is 9. The molecule has 0 amide bonds. The van der Waals surface area contributed by atoms with Gasteiger partial charge < -0.3 is 9.13 Å². The van der Waals surface area contributed by atoms with E-state index in [9.17, 15) is 1.37 Å². The van der Waals surface area contributed by atoms with Crippen molar-refractivity contribution in [3.8, 4) is 28.5 Å². The maximum atomic E-state index is 9.21. The summed E-state index contributed by atoms with van der Waals surface area (Å²) in [6.45, 7) is 0. The lowest BCUT2D eigenvalue weighted by molar-refractivity contribution is 1.06. The molecular weight excluding hydrogens is 621 g/mol. The highest BCUT2D eigenvalue weighted by Gasteiger charge is 2.20. The first-order valence-electron chi connectivity index (χ1n) is 19.1. The zero-order chi connectivity index (χ0) is 36.9. The highest BCUT2D eigenvalue weighted by molar-refractivity contribution is 6.11. The van der Waals surface area contributed by atoms with Gasteiger partial charge in [-0.25, -0.2) is 4.98 Å². The van der Waals surface area contributed by atoms with Crippen LogP contribution < -0.4 is 0 Å². The van der Waals surface area contributed by atoms with E-state index in [-0.39, 0.29) is 24.2 Å². The molecule has 0 radical (unpaired) electrons. The molecule has 0 aliphatic heterocycles. The first kappa shape index (κ1) is 24.3. The molecule has 0 aliphatic carbocycles. The molecule has 11 aromatic rings. The average molecular weight is 655 g/mol. The van der Waals surface area contributed by atoms with E-state index in [1.807, 2.05) is 41.0 Å². The van der Waals surface area contributed by atoms with E-state index in [2.05, 4.69) is 130 Å². The van der Waals surface area contributed by atoms with Gasteiger partial charge in [-0.05, 0) is 48.5 Å². The Balaban J connectivity index is 1.29. The molecule has 0 fully saturated rings. The molecule has 0 spiro atoms. The standard InChI is InChI=1S/C47H30N4/c1-8-22-40-32(15-1)33-16-2-9-23-41(33)49(40)31-29-39(48-47(30-31)51-44-26-12-5-19-36(44)37-20-6-13-27-45(37)51)38-21-7-14-28-46(38)50-42-24-10-3-17-34(42)35-18-4-11-25-43(35)50/h1-30H/i5D,12D,19D,26D. The third-order valence-corrected chi connectivity index (χ3v) is 10.2. The Morgan fingerprint density at radius 3 is 1.43 bits per heavy atom. The predicted molar refractivity (Wildman–Crippen MR) is 213 cm³/mol. The lowest BCUT2D eigenvalue weighted by Gasteiger charge is -2.17. The topological polar surface area (TPSA) is 27.7 Å². The van der Waals surface area contributed by atoms with E-state index >= 15 is 0 Å². The van der Waals surface area contributed by atoms with Gasteiger partial charge in [0.25, 0.3) is 0 Å². The van der Waals surface area contributed by atoms with Crippen molar-refractivity contribution in [2.24, 2.45) is 0 Å². The maximum absolute atomic E-state index is 9.21. The minimum atomic E-state index is -0.281. The monoisotopic (exact) mass is 654 g/mol. The fourth-order valence-electron chi connectivity index (χ4n) is 8.06. The number of hydrogen-bond donors (Lipinski definition) is 0. The Kier molecular flexibility index (Phi) is 5.14. The summed E-state index contributed by atoms with van der Waals surface area (Å²) in [6.07, 6.45) is 0. The van der Waals surface area contributed by atoms with Crippen molar-refractivity contribution in [1.82, 2.24) is 18.7 Å². The number of para-hydroxylation sites is 7. The van der Waals surface area contributed by atoms with Gasteiger partial charge in [0.2, 0.25) is 0 Å². The Bertz CT molecular complexity index is 3280. The van der Waals surface area contributed by atoms with Gasteiger partial charge in [-0.3, -0.25) is 4.57 Å².